The second-order valence-electron chi connectivity index (χ2n) is 12.6. The molecule has 2 aromatic carbocycles. The van der Waals surface area contributed by atoms with Crippen LogP contribution in [0.15, 0.2) is 103 Å². The van der Waals surface area contributed by atoms with Gasteiger partial charge in [0.1, 0.15) is 5.65 Å². The first-order valence-corrected chi connectivity index (χ1v) is 17.4. The number of benzene rings is 2. The predicted octanol–water partition coefficient (Wildman–Crippen LogP) is 4.70. The van der Waals surface area contributed by atoms with Crippen molar-refractivity contribution in [1.29, 1.82) is 5.41 Å². The van der Waals surface area contributed by atoms with Gasteiger partial charge in [0.25, 0.3) is 20.1 Å². The number of amides is 2. The molecule has 0 bridgehead atoms. The first-order chi connectivity index (χ1) is 21.7. The molecule has 2 amide bonds. The van der Waals surface area contributed by atoms with E-state index in [0.717, 1.165) is 42.5 Å². The van der Waals surface area contributed by atoms with E-state index in [-0.39, 0.29) is 21.9 Å². The molecule has 2 aliphatic heterocycles. The van der Waals surface area contributed by atoms with Crippen LogP contribution in [0.2, 0.25) is 5.04 Å². The van der Waals surface area contributed by atoms with E-state index in [4.69, 9.17) is 9.84 Å². The van der Waals surface area contributed by atoms with E-state index < -0.39 is 20.1 Å². The van der Waals surface area contributed by atoms with Gasteiger partial charge >= 0.3 is 0 Å². The molecule has 0 spiro atoms. The number of allylic oxidation sites excluding steroid dienone is 2. The van der Waals surface area contributed by atoms with E-state index in [9.17, 15) is 9.59 Å². The largest absolute Gasteiger partial charge is 0.407 e. The van der Waals surface area contributed by atoms with Gasteiger partial charge in [0, 0.05) is 48.7 Å². The van der Waals surface area contributed by atoms with E-state index in [2.05, 4.69) is 84.9 Å². The van der Waals surface area contributed by atoms with Crippen molar-refractivity contribution in [3.63, 3.8) is 0 Å². The van der Waals surface area contributed by atoms with Crippen LogP contribution in [0, 0.1) is 5.41 Å². The lowest BCUT2D eigenvalue weighted by Crippen LogP contribution is -2.66. The summed E-state index contributed by atoms with van der Waals surface area (Å²) in [6, 6.07) is 24.9. The zero-order valence-electron chi connectivity index (χ0n) is 26.0. The molecule has 2 aromatic heterocycles. The van der Waals surface area contributed by atoms with Gasteiger partial charge in [0.05, 0.1) is 16.9 Å². The molecular weight excluding hydrogens is 579 g/mol. The molecule has 8 nitrogen and oxygen atoms in total. The first kappa shape index (κ1) is 30.4. The fourth-order valence-corrected chi connectivity index (χ4v) is 11.3. The van der Waals surface area contributed by atoms with Crippen molar-refractivity contribution in [3.05, 3.63) is 108 Å². The summed E-state index contributed by atoms with van der Waals surface area (Å²) in [4.78, 5) is 30.7. The maximum atomic E-state index is 13.2. The molecule has 0 atom stereocenters. The number of aryl methyl sites for hydroxylation is 1. The van der Waals surface area contributed by atoms with Gasteiger partial charge in [-0.1, -0.05) is 81.4 Å². The molecule has 4 aromatic rings. The molecule has 6 rings (SSSR count). The van der Waals surface area contributed by atoms with Gasteiger partial charge in [-0.05, 0) is 52.9 Å². The van der Waals surface area contributed by atoms with Crippen LogP contribution in [-0.2, 0) is 20.6 Å². The molecule has 1 fully saturated rings. The van der Waals surface area contributed by atoms with E-state index in [0.29, 0.717) is 18.7 Å². The number of rotatable bonds is 10. The molecular formula is C36H39N5O3Si. The maximum absolute atomic E-state index is 13.2. The Labute approximate surface area is 264 Å². The SMILES string of the molecule is CC(C)(C)[Si](OCCCn1cc(C2=C(C(=N)/C=C3/CCCN3)C(=O)NC2=O)c2cccnc21)(c1ccccc1)c1ccccc1. The van der Waals surface area contributed by atoms with E-state index in [1.165, 1.54) is 10.4 Å². The minimum atomic E-state index is -2.67. The fourth-order valence-electron chi connectivity index (χ4n) is 6.67. The van der Waals surface area contributed by atoms with E-state index in [1.54, 1.807) is 12.3 Å². The number of nitrogens with one attached hydrogen (secondary N) is 3. The lowest BCUT2D eigenvalue weighted by atomic mass is 9.98. The predicted molar refractivity (Wildman–Crippen MR) is 181 cm³/mol. The highest BCUT2D eigenvalue weighted by molar-refractivity contribution is 6.99. The summed E-state index contributed by atoms with van der Waals surface area (Å²) in [6.07, 6.45) is 7.81. The average molecular weight is 618 g/mol. The summed E-state index contributed by atoms with van der Waals surface area (Å²) in [5.41, 5.74) is 2.58. The van der Waals surface area contributed by atoms with E-state index >= 15 is 0 Å². The molecule has 9 heteroatoms. The van der Waals surface area contributed by atoms with Gasteiger partial charge in [-0.2, -0.15) is 0 Å². The molecule has 2 aliphatic rings. The number of nitrogens with zero attached hydrogens (tertiary/aromatic N) is 2. The van der Waals surface area contributed by atoms with Gasteiger partial charge in [0.2, 0.25) is 0 Å². The van der Waals surface area contributed by atoms with Gasteiger partial charge < -0.3 is 14.3 Å². The Hall–Kier alpha value is -4.60. The minimum absolute atomic E-state index is 0.0289. The number of carbonyl (C=O) groups excluding carboxylic acids is 2. The van der Waals surface area contributed by atoms with E-state index in [1.807, 2.05) is 35.0 Å². The third-order valence-corrected chi connectivity index (χ3v) is 13.7. The quantitative estimate of drug-likeness (QED) is 0.104. The second kappa shape index (κ2) is 12.4. The summed E-state index contributed by atoms with van der Waals surface area (Å²) in [6.45, 7) is 8.79. The topological polar surface area (TPSA) is 109 Å². The Morgan fingerprint density at radius 2 is 1.69 bits per heavy atom. The zero-order chi connectivity index (χ0) is 31.6. The normalized spacial score (nSPS) is 16.5. The van der Waals surface area contributed by atoms with Crippen molar-refractivity contribution < 1.29 is 14.0 Å². The number of imide groups is 1. The van der Waals surface area contributed by atoms with Gasteiger partial charge in [0.15, 0.2) is 0 Å². The van der Waals surface area contributed by atoms with Crippen molar-refractivity contribution in [1.82, 2.24) is 20.2 Å². The minimum Gasteiger partial charge on any atom is -0.407 e. The molecule has 230 valence electrons. The van der Waals surface area contributed by atoms with Crippen LogP contribution in [-0.4, -0.2) is 48.5 Å². The summed E-state index contributed by atoms with van der Waals surface area (Å²) < 4.78 is 9.12. The monoisotopic (exact) mass is 617 g/mol. The van der Waals surface area contributed by atoms with Crippen LogP contribution in [0.3, 0.4) is 0 Å². The Morgan fingerprint density at radius 3 is 2.31 bits per heavy atom. The van der Waals surface area contributed by atoms with Crippen molar-refractivity contribution in [2.45, 2.75) is 51.6 Å². The van der Waals surface area contributed by atoms with Crippen molar-refractivity contribution in [3.8, 4) is 0 Å². The molecule has 3 N–H and O–H groups in total. The molecule has 0 radical (unpaired) electrons. The van der Waals surface area contributed by atoms with Crippen molar-refractivity contribution >= 4 is 52.8 Å². The molecule has 0 saturated carbocycles. The summed E-state index contributed by atoms with van der Waals surface area (Å²) in [5, 5.41) is 17.5. The van der Waals surface area contributed by atoms with Crippen LogP contribution in [0.4, 0.5) is 0 Å². The Bertz CT molecular complexity index is 1770. The fraction of sp³-hybridized carbons (Fsp3) is 0.278. The van der Waals surface area contributed by atoms with Gasteiger partial charge in [-0.3, -0.25) is 20.3 Å². The number of fused-ring (bicyclic) bond motifs is 1. The van der Waals surface area contributed by atoms with Crippen LogP contribution in [0.1, 0.15) is 45.6 Å². The average Bonchev–Trinajstić information content (AvgIpc) is 3.75. The Kier molecular flexibility index (Phi) is 8.39. The summed E-state index contributed by atoms with van der Waals surface area (Å²) in [5.74, 6) is -1.03. The number of hydrogen-bond donors (Lipinski definition) is 3. The van der Waals surface area contributed by atoms with Crippen molar-refractivity contribution in [2.75, 3.05) is 13.2 Å². The standard InChI is InChI=1S/C36H39N5O3Si/c1-36(2,3)45(26-14-6-4-7-15-26,27-16-8-5-9-17-27)44-22-12-21-41-24-29(28-18-11-20-39-33(28)41)31-32(35(43)40-34(31)42)30(37)23-25-13-10-19-38-25/h4-9,11,14-18,20,23-24,37-38H,10,12-13,19,21-22H2,1-3H3,(H,40,42,43)/b25-23-,37-30?. The van der Waals surface area contributed by atoms with Gasteiger partial charge in [-0.25, -0.2) is 4.98 Å². The molecule has 0 aliphatic carbocycles. The zero-order valence-corrected chi connectivity index (χ0v) is 27.0. The summed E-state index contributed by atoms with van der Waals surface area (Å²) in [7, 11) is -2.67. The number of aromatic nitrogens is 2. The van der Waals surface area contributed by atoms with Crippen LogP contribution in [0.25, 0.3) is 16.6 Å². The van der Waals surface area contributed by atoms with Crippen LogP contribution < -0.4 is 21.0 Å². The van der Waals surface area contributed by atoms with Gasteiger partial charge in [-0.15, -0.1) is 0 Å². The molecule has 1 saturated heterocycles. The van der Waals surface area contributed by atoms with Crippen molar-refractivity contribution in [2.24, 2.45) is 0 Å². The number of pyridine rings is 1. The summed E-state index contributed by atoms with van der Waals surface area (Å²) >= 11 is 0. The number of carbonyl (C=O) groups is 2. The second-order valence-corrected chi connectivity index (χ2v) is 16.9. The lowest BCUT2D eigenvalue weighted by molar-refractivity contribution is -0.123. The Morgan fingerprint density at radius 1 is 1.00 bits per heavy atom. The highest BCUT2D eigenvalue weighted by Gasteiger charge is 2.50. The maximum Gasteiger partial charge on any atom is 0.261 e. The van der Waals surface area contributed by atoms with Crippen LogP contribution >= 0.6 is 0 Å². The highest BCUT2D eigenvalue weighted by atomic mass is 28.4. The number of hydrogen-bond acceptors (Lipinski definition) is 6. The smallest absolute Gasteiger partial charge is 0.261 e. The Balaban J connectivity index is 1.31. The highest BCUT2D eigenvalue weighted by Crippen LogP contribution is 2.37. The molecule has 45 heavy (non-hydrogen) atoms. The first-order valence-electron chi connectivity index (χ1n) is 15.5. The third-order valence-electron chi connectivity index (χ3n) is 8.68. The third kappa shape index (κ3) is 5.69. The van der Waals surface area contributed by atoms with Crippen LogP contribution in [0.5, 0.6) is 0 Å². The molecule has 0 unspecified atom stereocenters. The molecule has 4 heterocycles. The lowest BCUT2D eigenvalue weighted by Gasteiger charge is -2.43.